The molecule has 2 atom stereocenters. The van der Waals surface area contributed by atoms with Crippen molar-refractivity contribution in [3.63, 3.8) is 0 Å². The van der Waals surface area contributed by atoms with E-state index in [1.807, 2.05) is 0 Å². The lowest BCUT2D eigenvalue weighted by atomic mass is 9.96. The first-order chi connectivity index (χ1) is 9.83. The van der Waals surface area contributed by atoms with Gasteiger partial charge in [0.2, 0.25) is 10.0 Å². The first-order valence-corrected chi connectivity index (χ1v) is 8.65. The fraction of sp³-hybridized carbons (Fsp3) is 0.538. The average Bonchev–Trinajstić information content (AvgIpc) is 2.40. The fourth-order valence-corrected chi connectivity index (χ4v) is 4.73. The molecule has 0 spiro atoms. The van der Waals surface area contributed by atoms with Gasteiger partial charge in [0.15, 0.2) is 4.90 Å². The lowest BCUT2D eigenvalue weighted by Crippen LogP contribution is -2.43. The van der Waals surface area contributed by atoms with Gasteiger partial charge in [-0.15, -0.1) is 11.6 Å². The second-order valence-electron chi connectivity index (χ2n) is 5.21. The molecule has 1 N–H and O–H groups in total. The third-order valence-electron chi connectivity index (χ3n) is 3.64. The second-order valence-corrected chi connectivity index (χ2v) is 7.42. The minimum absolute atomic E-state index is 0.274. The number of sulfonamides is 1. The Morgan fingerprint density at radius 1 is 1.33 bits per heavy atom. The normalized spacial score (nSPS) is 23.0. The molecule has 0 radical (unpaired) electrons. The Balaban J connectivity index is 2.38. The molecule has 2 unspecified atom stereocenters. The number of nitrogens with one attached hydrogen (secondary N) is 1. The molecule has 0 aliphatic heterocycles. The van der Waals surface area contributed by atoms with Crippen molar-refractivity contribution in [1.82, 2.24) is 4.72 Å². The number of alkyl halides is 1. The molecule has 0 saturated heterocycles. The van der Waals surface area contributed by atoms with Gasteiger partial charge in [-0.3, -0.25) is 10.1 Å². The predicted molar refractivity (Wildman–Crippen MR) is 80.1 cm³/mol. The van der Waals surface area contributed by atoms with Crippen molar-refractivity contribution in [3.8, 4) is 0 Å². The lowest BCUT2D eigenvalue weighted by molar-refractivity contribution is -0.387. The highest BCUT2D eigenvalue weighted by Gasteiger charge is 2.33. The molecule has 21 heavy (non-hydrogen) atoms. The highest BCUT2D eigenvalue weighted by atomic mass is 35.5. The number of nitrogens with zero attached hydrogens (tertiary/aromatic N) is 1. The molecule has 6 nitrogen and oxygen atoms in total. The van der Waals surface area contributed by atoms with E-state index in [0.717, 1.165) is 19.3 Å². The van der Waals surface area contributed by atoms with E-state index in [-0.39, 0.29) is 16.3 Å². The van der Waals surface area contributed by atoms with E-state index in [9.17, 15) is 18.5 Å². The van der Waals surface area contributed by atoms with Gasteiger partial charge in [-0.2, -0.15) is 0 Å². The van der Waals surface area contributed by atoms with Gasteiger partial charge in [0.1, 0.15) is 0 Å². The zero-order valence-electron chi connectivity index (χ0n) is 11.6. The molecule has 1 saturated carbocycles. The first-order valence-electron chi connectivity index (χ1n) is 6.73. The summed E-state index contributed by atoms with van der Waals surface area (Å²) in [6, 6.07) is 3.82. The lowest BCUT2D eigenvalue weighted by Gasteiger charge is -2.27. The van der Waals surface area contributed by atoms with Gasteiger partial charge < -0.3 is 0 Å². The molecule has 1 fully saturated rings. The Morgan fingerprint density at radius 3 is 2.62 bits per heavy atom. The van der Waals surface area contributed by atoms with Crippen LogP contribution in [0.15, 0.2) is 23.1 Å². The van der Waals surface area contributed by atoms with Crippen LogP contribution in [0.25, 0.3) is 0 Å². The summed E-state index contributed by atoms with van der Waals surface area (Å²) in [5.41, 5.74) is -0.0666. The summed E-state index contributed by atoms with van der Waals surface area (Å²) >= 11 is 6.16. The molecule has 1 aromatic carbocycles. The number of hydrogen-bond donors (Lipinski definition) is 1. The maximum atomic E-state index is 12.5. The number of aryl methyl sites for hydroxylation is 1. The minimum Gasteiger partial charge on any atom is -0.258 e. The zero-order chi connectivity index (χ0) is 15.6. The number of benzene rings is 1. The Bertz CT molecular complexity index is 648. The monoisotopic (exact) mass is 332 g/mol. The van der Waals surface area contributed by atoms with Gasteiger partial charge in [0.05, 0.1) is 4.92 Å². The average molecular weight is 333 g/mol. The number of nitro groups is 1. The standard InChI is InChI=1S/C13H17ClN2O4S/c1-9-5-4-8-12(16(17)18)13(9)21(19,20)15-11-7-3-2-6-10(11)14/h4-5,8,10-11,15H,2-3,6-7H2,1H3. The number of halogens is 1. The van der Waals surface area contributed by atoms with E-state index < -0.39 is 20.6 Å². The molecule has 0 amide bonds. The molecule has 0 aromatic heterocycles. The molecular formula is C13H17ClN2O4S. The summed E-state index contributed by atoms with van der Waals surface area (Å²) in [6.07, 6.45) is 3.25. The molecule has 8 heteroatoms. The first kappa shape index (κ1) is 16.2. The van der Waals surface area contributed by atoms with Gasteiger partial charge in [-0.05, 0) is 25.3 Å². The van der Waals surface area contributed by atoms with Crippen LogP contribution in [-0.4, -0.2) is 24.8 Å². The summed E-state index contributed by atoms with van der Waals surface area (Å²) in [7, 11) is -3.98. The van der Waals surface area contributed by atoms with Crippen molar-refractivity contribution < 1.29 is 13.3 Å². The summed E-state index contributed by atoms with van der Waals surface area (Å²) in [6.45, 7) is 1.54. The quantitative estimate of drug-likeness (QED) is 0.521. The van der Waals surface area contributed by atoms with Crippen LogP contribution in [0.4, 0.5) is 5.69 Å². The molecule has 0 heterocycles. The molecular weight excluding hydrogens is 316 g/mol. The van der Waals surface area contributed by atoms with Crippen molar-refractivity contribution >= 4 is 27.3 Å². The SMILES string of the molecule is Cc1cccc([N+](=O)[O-])c1S(=O)(=O)NC1CCCCC1Cl. The maximum Gasteiger partial charge on any atom is 0.289 e. The highest BCUT2D eigenvalue weighted by Crippen LogP contribution is 2.29. The van der Waals surface area contributed by atoms with Crippen molar-refractivity contribution in [1.29, 1.82) is 0 Å². The summed E-state index contributed by atoms with van der Waals surface area (Å²) in [4.78, 5) is 10.1. The molecule has 116 valence electrons. The summed E-state index contributed by atoms with van der Waals surface area (Å²) in [5, 5.41) is 10.8. The van der Waals surface area contributed by atoms with Crippen LogP contribution in [-0.2, 0) is 10.0 Å². The van der Waals surface area contributed by atoms with E-state index in [1.165, 1.54) is 12.1 Å². The summed E-state index contributed by atoms with van der Waals surface area (Å²) < 4.78 is 27.6. The van der Waals surface area contributed by atoms with Gasteiger partial charge in [0.25, 0.3) is 5.69 Å². The maximum absolute atomic E-state index is 12.5. The predicted octanol–water partition coefficient (Wildman–Crippen LogP) is 2.73. The smallest absolute Gasteiger partial charge is 0.258 e. The van der Waals surface area contributed by atoms with Gasteiger partial charge in [0, 0.05) is 17.5 Å². The van der Waals surface area contributed by atoms with Crippen LogP contribution in [0.1, 0.15) is 31.2 Å². The van der Waals surface area contributed by atoms with Crippen LogP contribution < -0.4 is 4.72 Å². The van der Waals surface area contributed by atoms with Crippen LogP contribution in [0.5, 0.6) is 0 Å². The van der Waals surface area contributed by atoms with E-state index in [2.05, 4.69) is 4.72 Å². The Labute approximate surface area is 128 Å². The van der Waals surface area contributed by atoms with Crippen molar-refractivity contribution in [2.45, 2.75) is 48.9 Å². The van der Waals surface area contributed by atoms with Crippen LogP contribution in [0, 0.1) is 17.0 Å². The van der Waals surface area contributed by atoms with Gasteiger partial charge >= 0.3 is 0 Å². The van der Waals surface area contributed by atoms with E-state index in [4.69, 9.17) is 11.6 Å². The minimum atomic E-state index is -3.98. The van der Waals surface area contributed by atoms with Gasteiger partial charge in [-0.1, -0.05) is 25.0 Å². The van der Waals surface area contributed by atoms with Crippen molar-refractivity contribution in [2.24, 2.45) is 0 Å². The molecule has 1 aliphatic rings. The number of hydrogen-bond acceptors (Lipinski definition) is 4. The van der Waals surface area contributed by atoms with E-state index in [1.54, 1.807) is 13.0 Å². The Kier molecular flexibility index (Phi) is 4.85. The van der Waals surface area contributed by atoms with Crippen LogP contribution in [0.3, 0.4) is 0 Å². The summed E-state index contributed by atoms with van der Waals surface area (Å²) in [5.74, 6) is 0. The number of nitro benzene ring substituents is 1. The van der Waals surface area contributed by atoms with Crippen molar-refractivity contribution in [2.75, 3.05) is 0 Å². The van der Waals surface area contributed by atoms with Gasteiger partial charge in [-0.25, -0.2) is 13.1 Å². The largest absolute Gasteiger partial charge is 0.289 e. The molecule has 1 aromatic rings. The number of rotatable bonds is 4. The Morgan fingerprint density at radius 2 is 2.00 bits per heavy atom. The highest BCUT2D eigenvalue weighted by molar-refractivity contribution is 7.89. The van der Waals surface area contributed by atoms with E-state index >= 15 is 0 Å². The second kappa shape index (κ2) is 6.29. The zero-order valence-corrected chi connectivity index (χ0v) is 13.2. The molecule has 2 rings (SSSR count). The molecule has 0 bridgehead atoms. The fourth-order valence-electron chi connectivity index (χ4n) is 2.61. The van der Waals surface area contributed by atoms with E-state index in [0.29, 0.717) is 12.0 Å². The third kappa shape index (κ3) is 3.53. The van der Waals surface area contributed by atoms with Crippen molar-refractivity contribution in [3.05, 3.63) is 33.9 Å². The molecule has 1 aliphatic carbocycles. The van der Waals surface area contributed by atoms with Crippen LogP contribution in [0.2, 0.25) is 0 Å². The topological polar surface area (TPSA) is 89.3 Å². The third-order valence-corrected chi connectivity index (χ3v) is 5.85. The van der Waals surface area contributed by atoms with Crippen LogP contribution >= 0.6 is 11.6 Å². The Hall–Kier alpha value is -1.18.